The molecule has 21 heavy (non-hydrogen) atoms. The topological polar surface area (TPSA) is 122 Å². The molecule has 0 fully saturated rings. The Hall–Kier alpha value is -3.03. The van der Waals surface area contributed by atoms with Crippen molar-refractivity contribution in [2.24, 2.45) is 0 Å². The fourth-order valence-corrected chi connectivity index (χ4v) is 2.64. The van der Waals surface area contributed by atoms with Crippen molar-refractivity contribution in [2.75, 3.05) is 0 Å². The fourth-order valence-electron chi connectivity index (χ4n) is 1.34. The van der Waals surface area contributed by atoms with Gasteiger partial charge in [0.15, 0.2) is 0 Å². The summed E-state index contributed by atoms with van der Waals surface area (Å²) in [7, 11) is -3.34. The van der Waals surface area contributed by atoms with Crippen molar-refractivity contribution in [3.63, 3.8) is 0 Å². The molecule has 108 valence electrons. The number of nitriles is 2. The third kappa shape index (κ3) is 6.10. The molecule has 2 aromatic rings. The van der Waals surface area contributed by atoms with Gasteiger partial charge in [0.05, 0.1) is 9.79 Å². The maximum atomic E-state index is 12.0. The normalized spacial score (nSPS) is 8.67. The summed E-state index contributed by atoms with van der Waals surface area (Å²) in [6.45, 7) is 0. The van der Waals surface area contributed by atoms with Gasteiger partial charge in [-0.3, -0.25) is 0 Å². The minimum absolute atomic E-state index is 0.330. The molecule has 0 aliphatic carbocycles. The number of hydrogen-bond acceptors (Lipinski definition) is 6. The number of aliphatic hydroxyl groups is 2. The van der Waals surface area contributed by atoms with Crippen LogP contribution in [0.1, 0.15) is 0 Å². The van der Waals surface area contributed by atoms with Crippen molar-refractivity contribution in [3.8, 4) is 12.5 Å². The average molecular weight is 304 g/mol. The highest BCUT2D eigenvalue weighted by molar-refractivity contribution is 7.91. The van der Waals surface area contributed by atoms with Crippen LogP contribution in [0, 0.1) is 23.0 Å². The molecule has 0 aliphatic heterocycles. The van der Waals surface area contributed by atoms with E-state index in [1.165, 1.54) is 0 Å². The second kappa shape index (κ2) is 9.84. The number of aliphatic hydroxyl groups excluding tert-OH is 2. The van der Waals surface area contributed by atoms with E-state index in [1.807, 2.05) is 0 Å². The number of benzene rings is 2. The summed E-state index contributed by atoms with van der Waals surface area (Å²) in [5.74, 6) is 0. The zero-order valence-electron chi connectivity index (χ0n) is 10.8. The van der Waals surface area contributed by atoms with E-state index in [1.54, 1.807) is 60.7 Å². The van der Waals surface area contributed by atoms with Gasteiger partial charge in [0.25, 0.3) is 12.5 Å². The first-order valence-electron chi connectivity index (χ1n) is 5.46. The highest BCUT2D eigenvalue weighted by Gasteiger charge is 2.15. The summed E-state index contributed by atoms with van der Waals surface area (Å²) in [4.78, 5) is 0.660. The van der Waals surface area contributed by atoms with Crippen molar-refractivity contribution in [1.82, 2.24) is 0 Å². The Morgan fingerprint density at radius 3 is 1.19 bits per heavy atom. The lowest BCUT2D eigenvalue weighted by Crippen LogP contribution is -2.00. The van der Waals surface area contributed by atoms with E-state index in [0.29, 0.717) is 9.79 Å². The first kappa shape index (κ1) is 18.0. The molecule has 0 aliphatic rings. The van der Waals surface area contributed by atoms with E-state index in [4.69, 9.17) is 20.7 Å². The lowest BCUT2D eigenvalue weighted by Gasteiger charge is -2.03. The van der Waals surface area contributed by atoms with Crippen molar-refractivity contribution in [1.29, 1.82) is 10.5 Å². The number of nitrogens with zero attached hydrogens (tertiary/aromatic N) is 2. The molecule has 2 aromatic carbocycles. The minimum Gasteiger partial charge on any atom is -0.443 e. The second-order valence-electron chi connectivity index (χ2n) is 3.33. The molecule has 0 radical (unpaired) electrons. The summed E-state index contributed by atoms with van der Waals surface area (Å²) in [5.41, 5.74) is 0. The van der Waals surface area contributed by atoms with Crippen LogP contribution in [0.2, 0.25) is 0 Å². The zero-order valence-corrected chi connectivity index (χ0v) is 11.6. The SMILES string of the molecule is N#CO.N#CO.O=S(=O)(c1ccccc1)c1ccccc1. The summed E-state index contributed by atoms with van der Waals surface area (Å²) in [6.07, 6.45) is 1.50. The van der Waals surface area contributed by atoms with E-state index in [0.717, 1.165) is 12.5 Å². The maximum absolute atomic E-state index is 12.0. The first-order chi connectivity index (χ1) is 10.0. The first-order valence-corrected chi connectivity index (χ1v) is 6.94. The third-order valence-corrected chi connectivity index (χ3v) is 3.89. The van der Waals surface area contributed by atoms with E-state index >= 15 is 0 Å². The molecule has 6 nitrogen and oxygen atoms in total. The van der Waals surface area contributed by atoms with E-state index in [-0.39, 0.29) is 0 Å². The largest absolute Gasteiger partial charge is 0.443 e. The van der Waals surface area contributed by atoms with Crippen molar-refractivity contribution in [2.45, 2.75) is 9.79 Å². The molecule has 0 aromatic heterocycles. The van der Waals surface area contributed by atoms with Crippen LogP contribution in [0.15, 0.2) is 70.5 Å². The molecule has 0 saturated heterocycles. The molecular formula is C14H12N2O4S. The molecule has 0 heterocycles. The standard InChI is InChI=1S/C12H10O2S.2CHNO/c13-15(14,11-7-3-1-4-8-11)12-9-5-2-6-10-12;2*2-1-3/h1-10H;2*3H. The maximum Gasteiger partial charge on any atom is 0.283 e. The van der Waals surface area contributed by atoms with Gasteiger partial charge in [-0.1, -0.05) is 36.4 Å². The zero-order chi connectivity index (χ0) is 16.1. The molecule has 2 N–H and O–H groups in total. The van der Waals surface area contributed by atoms with E-state index in [9.17, 15) is 8.42 Å². The lowest BCUT2D eigenvalue weighted by atomic mass is 10.4. The molecule has 0 atom stereocenters. The van der Waals surface area contributed by atoms with Crippen LogP contribution in [-0.4, -0.2) is 18.6 Å². The van der Waals surface area contributed by atoms with Crippen LogP contribution < -0.4 is 0 Å². The summed E-state index contributed by atoms with van der Waals surface area (Å²) in [5, 5.41) is 27.5. The third-order valence-electron chi connectivity index (χ3n) is 2.11. The van der Waals surface area contributed by atoms with Gasteiger partial charge in [0.1, 0.15) is 0 Å². The van der Waals surface area contributed by atoms with Gasteiger partial charge in [0.2, 0.25) is 9.84 Å². The summed E-state index contributed by atoms with van der Waals surface area (Å²) in [6, 6.07) is 16.9. The van der Waals surface area contributed by atoms with Crippen LogP contribution in [0.5, 0.6) is 0 Å². The van der Waals surface area contributed by atoms with Crippen molar-refractivity contribution >= 4 is 9.84 Å². The molecule has 7 heteroatoms. The van der Waals surface area contributed by atoms with Crippen LogP contribution in [0.25, 0.3) is 0 Å². The molecule has 0 unspecified atom stereocenters. The average Bonchev–Trinajstić information content (AvgIpc) is 2.51. The predicted octanol–water partition coefficient (Wildman–Crippen LogP) is 2.20. The monoisotopic (exact) mass is 304 g/mol. The Bertz CT molecular complexity index is 645. The molecule has 0 amide bonds. The molecular weight excluding hydrogens is 292 g/mol. The van der Waals surface area contributed by atoms with Gasteiger partial charge < -0.3 is 10.2 Å². The van der Waals surface area contributed by atoms with Crippen molar-refractivity contribution < 1.29 is 18.6 Å². The van der Waals surface area contributed by atoms with Crippen LogP contribution in [0.4, 0.5) is 0 Å². The van der Waals surface area contributed by atoms with Crippen LogP contribution in [-0.2, 0) is 9.84 Å². The predicted molar refractivity (Wildman–Crippen MR) is 73.4 cm³/mol. The van der Waals surface area contributed by atoms with Gasteiger partial charge >= 0.3 is 0 Å². The molecule has 0 saturated carbocycles. The Labute approximate surface area is 122 Å². The summed E-state index contributed by atoms with van der Waals surface area (Å²) < 4.78 is 24.1. The van der Waals surface area contributed by atoms with Gasteiger partial charge in [-0.15, -0.1) is 0 Å². The fraction of sp³-hybridized carbons (Fsp3) is 0. The van der Waals surface area contributed by atoms with Crippen molar-refractivity contribution in [3.05, 3.63) is 60.7 Å². The highest BCUT2D eigenvalue weighted by Crippen LogP contribution is 2.19. The van der Waals surface area contributed by atoms with Gasteiger partial charge in [-0.05, 0) is 24.3 Å². The second-order valence-corrected chi connectivity index (χ2v) is 5.28. The highest BCUT2D eigenvalue weighted by atomic mass is 32.2. The molecule has 0 spiro atoms. The Morgan fingerprint density at radius 2 is 0.952 bits per heavy atom. The van der Waals surface area contributed by atoms with Crippen LogP contribution >= 0.6 is 0 Å². The Balaban J connectivity index is 0.000000578. The Morgan fingerprint density at radius 1 is 0.714 bits per heavy atom. The molecule has 2 rings (SSSR count). The quantitative estimate of drug-likeness (QED) is 0.820. The van der Waals surface area contributed by atoms with Gasteiger partial charge in [0, 0.05) is 0 Å². The number of rotatable bonds is 2. The lowest BCUT2D eigenvalue weighted by molar-refractivity contribution is 0.502. The minimum atomic E-state index is -3.34. The molecule has 0 bridgehead atoms. The Kier molecular flexibility index (Phi) is 8.42. The summed E-state index contributed by atoms with van der Waals surface area (Å²) >= 11 is 0. The number of sulfone groups is 1. The van der Waals surface area contributed by atoms with E-state index in [2.05, 4.69) is 0 Å². The van der Waals surface area contributed by atoms with Gasteiger partial charge in [-0.2, -0.15) is 10.5 Å². The van der Waals surface area contributed by atoms with E-state index < -0.39 is 9.84 Å². The van der Waals surface area contributed by atoms with Gasteiger partial charge in [-0.25, -0.2) is 8.42 Å². The van der Waals surface area contributed by atoms with Crippen LogP contribution in [0.3, 0.4) is 0 Å². The smallest absolute Gasteiger partial charge is 0.283 e. The number of hydrogen-bond donors (Lipinski definition) is 2.